The SMILES string of the molecule is CCc1ccc2nc(N3C(=O)C(=O)C(=C(O)c4ccc(C)cc4)[C@H]3c3ccc(C)cc3)sc2c1. The molecule has 5 nitrogen and oxygen atoms in total. The van der Waals surface area contributed by atoms with Crippen LogP contribution in [-0.4, -0.2) is 21.8 Å². The Bertz CT molecular complexity index is 1450. The summed E-state index contributed by atoms with van der Waals surface area (Å²) in [5.74, 6) is -1.58. The molecule has 2 heterocycles. The number of rotatable bonds is 4. The Morgan fingerprint density at radius 2 is 1.62 bits per heavy atom. The first-order valence-electron chi connectivity index (χ1n) is 11.2. The molecule has 4 aromatic rings. The van der Waals surface area contributed by atoms with Crippen LogP contribution in [0.5, 0.6) is 0 Å². The summed E-state index contributed by atoms with van der Waals surface area (Å²) in [4.78, 5) is 32.8. The molecule has 1 fully saturated rings. The van der Waals surface area contributed by atoms with E-state index in [0.29, 0.717) is 10.7 Å². The van der Waals surface area contributed by atoms with Gasteiger partial charge in [0.2, 0.25) is 0 Å². The summed E-state index contributed by atoms with van der Waals surface area (Å²) in [7, 11) is 0. The lowest BCUT2D eigenvalue weighted by atomic mass is 9.94. The second-order valence-corrected chi connectivity index (χ2v) is 9.61. The molecule has 1 aliphatic heterocycles. The molecule has 1 atom stereocenters. The normalized spacial score (nSPS) is 17.6. The van der Waals surface area contributed by atoms with Crippen molar-refractivity contribution in [1.82, 2.24) is 4.98 Å². The van der Waals surface area contributed by atoms with Crippen LogP contribution in [0.15, 0.2) is 72.3 Å². The van der Waals surface area contributed by atoms with Crippen LogP contribution in [0.1, 0.15) is 40.8 Å². The number of carbonyl (C=O) groups excluding carboxylic acids is 2. The molecular formula is C28H24N2O3S. The Kier molecular flexibility index (Phi) is 5.54. The van der Waals surface area contributed by atoms with Gasteiger partial charge in [0.25, 0.3) is 5.78 Å². The van der Waals surface area contributed by atoms with Crippen molar-refractivity contribution in [3.05, 3.63) is 100 Å². The fourth-order valence-corrected chi connectivity index (χ4v) is 5.30. The molecule has 1 aliphatic rings. The number of anilines is 1. The molecule has 1 saturated heterocycles. The number of aliphatic hydroxyl groups is 1. The molecular weight excluding hydrogens is 444 g/mol. The van der Waals surface area contributed by atoms with Crippen LogP contribution in [0.3, 0.4) is 0 Å². The lowest BCUT2D eigenvalue weighted by molar-refractivity contribution is -0.132. The summed E-state index contributed by atoms with van der Waals surface area (Å²) >= 11 is 1.38. The molecule has 3 aromatic carbocycles. The average Bonchev–Trinajstić information content (AvgIpc) is 3.37. The van der Waals surface area contributed by atoms with Gasteiger partial charge in [0, 0.05) is 5.56 Å². The van der Waals surface area contributed by atoms with Crippen LogP contribution in [0, 0.1) is 13.8 Å². The van der Waals surface area contributed by atoms with Gasteiger partial charge in [0.1, 0.15) is 5.76 Å². The van der Waals surface area contributed by atoms with Crippen LogP contribution in [-0.2, 0) is 16.0 Å². The van der Waals surface area contributed by atoms with Gasteiger partial charge in [0.05, 0.1) is 21.8 Å². The third-order valence-electron chi connectivity index (χ3n) is 6.22. The van der Waals surface area contributed by atoms with Crippen LogP contribution in [0.2, 0.25) is 0 Å². The number of nitrogens with zero attached hydrogens (tertiary/aromatic N) is 2. The fourth-order valence-electron chi connectivity index (χ4n) is 4.24. The summed E-state index contributed by atoms with van der Waals surface area (Å²) in [5, 5.41) is 11.7. The largest absolute Gasteiger partial charge is 0.507 e. The van der Waals surface area contributed by atoms with Gasteiger partial charge in [-0.05, 0) is 43.5 Å². The van der Waals surface area contributed by atoms with E-state index in [0.717, 1.165) is 33.3 Å². The van der Waals surface area contributed by atoms with E-state index in [-0.39, 0.29) is 11.3 Å². The topological polar surface area (TPSA) is 70.5 Å². The zero-order chi connectivity index (χ0) is 24.0. The molecule has 0 unspecified atom stereocenters. The Morgan fingerprint density at radius 3 is 2.26 bits per heavy atom. The number of fused-ring (bicyclic) bond motifs is 1. The van der Waals surface area contributed by atoms with E-state index in [2.05, 4.69) is 13.0 Å². The summed E-state index contributed by atoms with van der Waals surface area (Å²) in [6.45, 7) is 6.02. The molecule has 1 N–H and O–H groups in total. The number of aromatic nitrogens is 1. The number of benzene rings is 3. The number of hydrogen-bond acceptors (Lipinski definition) is 5. The Hall–Kier alpha value is -3.77. The monoisotopic (exact) mass is 468 g/mol. The molecule has 0 bridgehead atoms. The first-order valence-corrected chi connectivity index (χ1v) is 12.0. The number of hydrogen-bond donors (Lipinski definition) is 1. The van der Waals surface area contributed by atoms with Gasteiger partial charge in [-0.3, -0.25) is 14.5 Å². The third kappa shape index (κ3) is 3.70. The van der Waals surface area contributed by atoms with Crippen molar-refractivity contribution in [2.75, 3.05) is 4.90 Å². The Labute approximate surface area is 202 Å². The first-order chi connectivity index (χ1) is 16.4. The molecule has 0 spiro atoms. The van der Waals surface area contributed by atoms with Crippen LogP contribution in [0.25, 0.3) is 16.0 Å². The number of thiazole rings is 1. The predicted molar refractivity (Wildman–Crippen MR) is 136 cm³/mol. The average molecular weight is 469 g/mol. The maximum absolute atomic E-state index is 13.4. The van der Waals surface area contributed by atoms with E-state index in [1.54, 1.807) is 12.1 Å². The molecule has 0 saturated carbocycles. The molecule has 0 aliphatic carbocycles. The van der Waals surface area contributed by atoms with Crippen molar-refractivity contribution in [2.24, 2.45) is 0 Å². The van der Waals surface area contributed by atoms with Gasteiger partial charge in [-0.1, -0.05) is 84.0 Å². The van der Waals surface area contributed by atoms with E-state index in [4.69, 9.17) is 4.98 Å². The summed E-state index contributed by atoms with van der Waals surface area (Å²) in [5.41, 5.74) is 5.37. The minimum absolute atomic E-state index is 0.0752. The zero-order valence-electron chi connectivity index (χ0n) is 19.2. The van der Waals surface area contributed by atoms with E-state index in [1.807, 2.05) is 62.4 Å². The van der Waals surface area contributed by atoms with Crippen molar-refractivity contribution in [3.63, 3.8) is 0 Å². The van der Waals surface area contributed by atoms with Gasteiger partial charge < -0.3 is 5.11 Å². The minimum Gasteiger partial charge on any atom is -0.507 e. The van der Waals surface area contributed by atoms with Gasteiger partial charge in [-0.2, -0.15) is 0 Å². The Balaban J connectivity index is 1.71. The number of aliphatic hydroxyl groups excluding tert-OH is 1. The highest BCUT2D eigenvalue weighted by atomic mass is 32.1. The summed E-state index contributed by atoms with van der Waals surface area (Å²) < 4.78 is 0.956. The lowest BCUT2D eigenvalue weighted by Crippen LogP contribution is -2.29. The van der Waals surface area contributed by atoms with Crippen molar-refractivity contribution in [1.29, 1.82) is 0 Å². The molecule has 170 valence electrons. The third-order valence-corrected chi connectivity index (χ3v) is 7.24. The predicted octanol–water partition coefficient (Wildman–Crippen LogP) is 6.10. The molecule has 1 amide bonds. The Morgan fingerprint density at radius 1 is 0.971 bits per heavy atom. The van der Waals surface area contributed by atoms with Gasteiger partial charge in [-0.15, -0.1) is 0 Å². The second-order valence-electron chi connectivity index (χ2n) is 8.60. The maximum Gasteiger partial charge on any atom is 0.301 e. The zero-order valence-corrected chi connectivity index (χ0v) is 20.0. The second kappa shape index (κ2) is 8.54. The molecule has 34 heavy (non-hydrogen) atoms. The van der Waals surface area contributed by atoms with Gasteiger partial charge in [-0.25, -0.2) is 4.98 Å². The van der Waals surface area contributed by atoms with Crippen LogP contribution in [0.4, 0.5) is 5.13 Å². The lowest BCUT2D eigenvalue weighted by Gasteiger charge is -2.23. The van der Waals surface area contributed by atoms with E-state index < -0.39 is 17.7 Å². The number of Topliss-reactive ketones (excluding diaryl/α,β-unsaturated/α-hetero) is 1. The number of amides is 1. The molecule has 5 rings (SSSR count). The maximum atomic E-state index is 13.4. The number of aryl methyl sites for hydroxylation is 3. The standard InChI is InChI=1S/C28H24N2O3S/c1-4-18-9-14-21-22(15-18)34-28(29-21)30-24(19-10-5-16(2)6-11-19)23(26(32)27(30)33)25(31)20-12-7-17(3)8-13-20/h5-15,24,31H,4H2,1-3H3/t24-/m1/s1. The number of carbonyl (C=O) groups is 2. The highest BCUT2D eigenvalue weighted by Gasteiger charge is 2.48. The highest BCUT2D eigenvalue weighted by molar-refractivity contribution is 7.22. The summed E-state index contributed by atoms with van der Waals surface area (Å²) in [6, 6.07) is 20.2. The van der Waals surface area contributed by atoms with E-state index >= 15 is 0 Å². The number of ketones is 1. The fraction of sp³-hybridized carbons (Fsp3) is 0.179. The minimum atomic E-state index is -0.770. The molecule has 0 radical (unpaired) electrons. The van der Waals surface area contributed by atoms with E-state index in [1.165, 1.54) is 21.8 Å². The molecule has 1 aromatic heterocycles. The van der Waals surface area contributed by atoms with Crippen molar-refractivity contribution >= 4 is 44.1 Å². The van der Waals surface area contributed by atoms with Gasteiger partial charge >= 0.3 is 5.91 Å². The van der Waals surface area contributed by atoms with Crippen molar-refractivity contribution in [2.45, 2.75) is 33.2 Å². The van der Waals surface area contributed by atoms with Crippen LogP contribution < -0.4 is 4.90 Å². The quantitative estimate of drug-likeness (QED) is 0.223. The first kappa shape index (κ1) is 22.0. The van der Waals surface area contributed by atoms with Crippen molar-refractivity contribution in [3.8, 4) is 0 Å². The summed E-state index contributed by atoms with van der Waals surface area (Å²) in [6.07, 6.45) is 0.896. The molecule has 6 heteroatoms. The van der Waals surface area contributed by atoms with Crippen LogP contribution >= 0.6 is 11.3 Å². The van der Waals surface area contributed by atoms with Gasteiger partial charge in [0.15, 0.2) is 5.13 Å². The smallest absolute Gasteiger partial charge is 0.301 e. The van der Waals surface area contributed by atoms with Crippen molar-refractivity contribution < 1.29 is 14.7 Å². The highest BCUT2D eigenvalue weighted by Crippen LogP contribution is 2.44. The van der Waals surface area contributed by atoms with E-state index in [9.17, 15) is 14.7 Å².